The van der Waals surface area contributed by atoms with Crippen LogP contribution in [0.3, 0.4) is 0 Å². The molecule has 2 aromatic rings. The molecular weight excluding hydrogens is 350 g/mol. The van der Waals surface area contributed by atoms with Crippen molar-refractivity contribution >= 4 is 23.4 Å². The number of carbonyl (C=O) groups is 1. The second kappa shape index (κ2) is 8.17. The minimum Gasteiger partial charge on any atom is -0.341 e. The van der Waals surface area contributed by atoms with Crippen LogP contribution in [0.4, 0.5) is 17.5 Å². The Bertz CT molecular complexity index is 822. The van der Waals surface area contributed by atoms with Crippen molar-refractivity contribution in [2.75, 3.05) is 29.9 Å². The highest BCUT2D eigenvalue weighted by Gasteiger charge is 2.36. The zero-order valence-electron chi connectivity index (χ0n) is 16.8. The van der Waals surface area contributed by atoms with Gasteiger partial charge in [-0.25, -0.2) is 4.98 Å². The average molecular weight is 380 g/mol. The van der Waals surface area contributed by atoms with Gasteiger partial charge in [-0.2, -0.15) is 4.98 Å². The van der Waals surface area contributed by atoms with Gasteiger partial charge in [-0.3, -0.25) is 4.79 Å². The van der Waals surface area contributed by atoms with Gasteiger partial charge in [0.2, 0.25) is 11.9 Å². The monoisotopic (exact) mass is 379 g/mol. The van der Waals surface area contributed by atoms with Gasteiger partial charge < -0.3 is 15.1 Å². The summed E-state index contributed by atoms with van der Waals surface area (Å²) in [7, 11) is 0. The Balaban J connectivity index is 1.49. The fourth-order valence-corrected chi connectivity index (χ4v) is 4.20. The minimum absolute atomic E-state index is 0.139. The first-order chi connectivity index (χ1) is 13.6. The van der Waals surface area contributed by atoms with Crippen LogP contribution in [-0.2, 0) is 4.79 Å². The van der Waals surface area contributed by atoms with Gasteiger partial charge in [0.15, 0.2) is 0 Å². The fourth-order valence-electron chi connectivity index (χ4n) is 4.20. The lowest BCUT2D eigenvalue weighted by molar-refractivity contribution is -0.134. The highest BCUT2D eigenvalue weighted by Crippen LogP contribution is 2.27. The summed E-state index contributed by atoms with van der Waals surface area (Å²) in [5, 5.41) is 3.34. The molecule has 1 aromatic heterocycles. The number of anilines is 3. The highest BCUT2D eigenvalue weighted by molar-refractivity contribution is 5.85. The summed E-state index contributed by atoms with van der Waals surface area (Å²) in [6.45, 7) is 6.88. The summed E-state index contributed by atoms with van der Waals surface area (Å²) in [6.07, 6.45) is 5.96. The van der Waals surface area contributed by atoms with Crippen molar-refractivity contribution in [2.45, 2.75) is 45.6 Å². The molecule has 4 rings (SSSR count). The van der Waals surface area contributed by atoms with E-state index in [4.69, 9.17) is 4.98 Å². The van der Waals surface area contributed by atoms with E-state index in [0.717, 1.165) is 50.4 Å². The smallest absolute Gasteiger partial charge is 0.245 e. The van der Waals surface area contributed by atoms with Gasteiger partial charge in [-0.05, 0) is 56.7 Å². The number of nitrogens with one attached hydrogen (secondary N) is 1. The third-order valence-electron chi connectivity index (χ3n) is 5.73. The molecule has 0 spiro atoms. The summed E-state index contributed by atoms with van der Waals surface area (Å²) in [5.74, 6) is 2.21. The lowest BCUT2D eigenvalue weighted by Crippen LogP contribution is -2.49. The number of nitrogens with zero attached hydrogens (tertiary/aromatic N) is 4. The molecule has 28 heavy (non-hydrogen) atoms. The van der Waals surface area contributed by atoms with E-state index in [2.05, 4.69) is 41.2 Å². The van der Waals surface area contributed by atoms with Crippen molar-refractivity contribution in [1.29, 1.82) is 0 Å². The maximum Gasteiger partial charge on any atom is 0.245 e. The summed E-state index contributed by atoms with van der Waals surface area (Å²) in [5.41, 5.74) is 2.21. The van der Waals surface area contributed by atoms with Gasteiger partial charge in [0.1, 0.15) is 11.9 Å². The largest absolute Gasteiger partial charge is 0.341 e. The lowest BCUT2D eigenvalue weighted by atomic mass is 9.99. The number of rotatable bonds is 4. The molecule has 6 heteroatoms. The number of piperidine rings is 1. The molecule has 1 aromatic carbocycles. The van der Waals surface area contributed by atoms with Crippen LogP contribution in [0, 0.1) is 12.8 Å². The standard InChI is InChI=1S/C22H29N5O/c1-16-7-9-18(10-8-16)24-20-11-12-23-22(25-20)27-14-4-6-19(27)21(28)26-13-3-5-17(2)15-26/h7-12,17,19H,3-6,13-15H2,1-2H3,(H,23,24,25). The summed E-state index contributed by atoms with van der Waals surface area (Å²) >= 11 is 0. The molecule has 1 amide bonds. The molecule has 3 heterocycles. The van der Waals surface area contributed by atoms with E-state index in [1.165, 1.54) is 12.0 Å². The quantitative estimate of drug-likeness (QED) is 0.876. The van der Waals surface area contributed by atoms with Crippen molar-refractivity contribution < 1.29 is 4.79 Å². The molecule has 1 N–H and O–H groups in total. The van der Waals surface area contributed by atoms with E-state index < -0.39 is 0 Å². The second-order valence-corrected chi connectivity index (χ2v) is 8.12. The number of hydrogen-bond acceptors (Lipinski definition) is 5. The van der Waals surface area contributed by atoms with Crippen LogP contribution in [0.1, 0.15) is 38.2 Å². The van der Waals surface area contributed by atoms with Crippen molar-refractivity contribution in [2.24, 2.45) is 5.92 Å². The first-order valence-electron chi connectivity index (χ1n) is 10.3. The summed E-state index contributed by atoms with van der Waals surface area (Å²) in [4.78, 5) is 26.5. The van der Waals surface area contributed by atoms with Gasteiger partial charge in [-0.1, -0.05) is 24.6 Å². The number of aryl methyl sites for hydroxylation is 1. The average Bonchev–Trinajstić information content (AvgIpc) is 3.19. The van der Waals surface area contributed by atoms with Crippen LogP contribution in [-0.4, -0.2) is 46.5 Å². The lowest BCUT2D eigenvalue weighted by Gasteiger charge is -2.35. The Hall–Kier alpha value is -2.63. The van der Waals surface area contributed by atoms with Crippen LogP contribution in [0.25, 0.3) is 0 Å². The molecule has 2 aliphatic rings. The molecule has 2 fully saturated rings. The first-order valence-corrected chi connectivity index (χ1v) is 10.3. The van der Waals surface area contributed by atoms with E-state index in [9.17, 15) is 4.79 Å². The maximum absolute atomic E-state index is 13.2. The molecule has 2 saturated heterocycles. The number of likely N-dealkylation sites (tertiary alicyclic amines) is 1. The zero-order valence-corrected chi connectivity index (χ0v) is 16.8. The van der Waals surface area contributed by atoms with Crippen molar-refractivity contribution in [3.63, 3.8) is 0 Å². The molecule has 0 bridgehead atoms. The molecule has 2 aliphatic heterocycles. The zero-order chi connectivity index (χ0) is 19.5. The minimum atomic E-state index is -0.139. The topological polar surface area (TPSA) is 61.4 Å². The maximum atomic E-state index is 13.2. The first kappa shape index (κ1) is 18.7. The van der Waals surface area contributed by atoms with Gasteiger partial charge in [-0.15, -0.1) is 0 Å². The highest BCUT2D eigenvalue weighted by atomic mass is 16.2. The van der Waals surface area contributed by atoms with Gasteiger partial charge in [0.05, 0.1) is 0 Å². The van der Waals surface area contributed by atoms with Crippen LogP contribution >= 0.6 is 0 Å². The van der Waals surface area contributed by atoms with Crippen LogP contribution in [0.15, 0.2) is 36.5 Å². The van der Waals surface area contributed by atoms with E-state index >= 15 is 0 Å². The van der Waals surface area contributed by atoms with Crippen LogP contribution < -0.4 is 10.2 Å². The second-order valence-electron chi connectivity index (χ2n) is 8.12. The van der Waals surface area contributed by atoms with Gasteiger partial charge in [0.25, 0.3) is 0 Å². The van der Waals surface area contributed by atoms with E-state index in [0.29, 0.717) is 11.9 Å². The predicted molar refractivity (Wildman–Crippen MR) is 112 cm³/mol. The number of hydrogen-bond donors (Lipinski definition) is 1. The Labute approximate surface area is 167 Å². The molecule has 2 unspecified atom stereocenters. The van der Waals surface area contributed by atoms with E-state index in [-0.39, 0.29) is 11.9 Å². The van der Waals surface area contributed by atoms with Crippen molar-refractivity contribution in [3.05, 3.63) is 42.1 Å². The molecule has 0 saturated carbocycles. The number of benzene rings is 1. The van der Waals surface area contributed by atoms with E-state index in [1.807, 2.05) is 23.1 Å². The van der Waals surface area contributed by atoms with Crippen LogP contribution in [0.5, 0.6) is 0 Å². The molecular formula is C22H29N5O. The third kappa shape index (κ3) is 4.11. The predicted octanol–water partition coefficient (Wildman–Crippen LogP) is 3.76. The van der Waals surface area contributed by atoms with E-state index in [1.54, 1.807) is 6.20 Å². The Morgan fingerprint density at radius 3 is 2.68 bits per heavy atom. The fraction of sp³-hybridized carbons (Fsp3) is 0.500. The number of aromatic nitrogens is 2. The Kier molecular flexibility index (Phi) is 5.46. The Morgan fingerprint density at radius 1 is 1.11 bits per heavy atom. The number of amides is 1. The third-order valence-corrected chi connectivity index (χ3v) is 5.73. The molecule has 148 valence electrons. The van der Waals surface area contributed by atoms with Crippen molar-refractivity contribution in [1.82, 2.24) is 14.9 Å². The normalized spacial score (nSPS) is 22.4. The molecule has 2 atom stereocenters. The SMILES string of the molecule is Cc1ccc(Nc2ccnc(N3CCCC3C(=O)N3CCCC(C)C3)n2)cc1. The molecule has 0 aliphatic carbocycles. The molecule has 0 radical (unpaired) electrons. The van der Waals surface area contributed by atoms with Gasteiger partial charge >= 0.3 is 0 Å². The molecule has 6 nitrogen and oxygen atoms in total. The number of carbonyl (C=O) groups excluding carboxylic acids is 1. The Morgan fingerprint density at radius 2 is 1.89 bits per heavy atom. The van der Waals surface area contributed by atoms with Gasteiger partial charge in [0, 0.05) is 31.5 Å². The summed E-state index contributed by atoms with van der Waals surface area (Å²) < 4.78 is 0. The van der Waals surface area contributed by atoms with Crippen LogP contribution in [0.2, 0.25) is 0 Å². The summed E-state index contributed by atoms with van der Waals surface area (Å²) in [6, 6.07) is 9.94. The van der Waals surface area contributed by atoms with Crippen molar-refractivity contribution in [3.8, 4) is 0 Å².